The predicted octanol–water partition coefficient (Wildman–Crippen LogP) is 1.49. The average Bonchev–Trinajstić information content (AvgIpc) is 2.70. The van der Waals surface area contributed by atoms with Crippen molar-refractivity contribution in [3.05, 3.63) is 5.38 Å². The number of hydrogen-bond donors (Lipinski definition) is 1. The van der Waals surface area contributed by atoms with Crippen molar-refractivity contribution in [1.29, 1.82) is 0 Å². The summed E-state index contributed by atoms with van der Waals surface area (Å²) in [6.45, 7) is 2.87. The third-order valence-corrected chi connectivity index (χ3v) is 2.74. The van der Waals surface area contributed by atoms with Crippen molar-refractivity contribution in [1.82, 2.24) is 19.8 Å². The third-order valence-electron chi connectivity index (χ3n) is 1.33. The number of nitrogens with one attached hydrogen (secondary N) is 1. The first kappa shape index (κ1) is 8.52. The fourth-order valence-corrected chi connectivity index (χ4v) is 2.09. The van der Waals surface area contributed by atoms with Crippen LogP contribution in [0.2, 0.25) is 0 Å². The van der Waals surface area contributed by atoms with E-state index in [0.29, 0.717) is 0 Å². The van der Waals surface area contributed by atoms with Gasteiger partial charge in [0.25, 0.3) is 0 Å². The van der Waals surface area contributed by atoms with Crippen LogP contribution in [0, 0.1) is 0 Å². The Morgan fingerprint density at radius 3 is 3.00 bits per heavy atom. The van der Waals surface area contributed by atoms with Crippen molar-refractivity contribution in [3.63, 3.8) is 0 Å². The van der Waals surface area contributed by atoms with E-state index >= 15 is 0 Å². The van der Waals surface area contributed by atoms with Crippen LogP contribution in [-0.4, -0.2) is 26.3 Å². The van der Waals surface area contributed by atoms with Crippen LogP contribution in [0.3, 0.4) is 0 Å². The first-order valence-corrected chi connectivity index (χ1v) is 5.40. The molecule has 13 heavy (non-hydrogen) atoms. The Kier molecular flexibility index (Phi) is 2.46. The Balaban J connectivity index is 2.23. The molecule has 0 saturated heterocycles. The van der Waals surface area contributed by atoms with E-state index in [1.54, 1.807) is 0 Å². The van der Waals surface area contributed by atoms with E-state index in [1.165, 1.54) is 22.9 Å². The third kappa shape index (κ3) is 1.81. The van der Waals surface area contributed by atoms with Crippen molar-refractivity contribution in [2.75, 3.05) is 11.9 Å². The molecule has 2 rings (SSSR count). The zero-order chi connectivity index (χ0) is 9.10. The minimum Gasteiger partial charge on any atom is -0.360 e. The first-order chi connectivity index (χ1) is 6.40. The largest absolute Gasteiger partial charge is 0.360 e. The minimum atomic E-state index is 0.798. The molecule has 0 bridgehead atoms. The second kappa shape index (κ2) is 3.75. The summed E-state index contributed by atoms with van der Waals surface area (Å²) in [6.07, 6.45) is 0. The minimum absolute atomic E-state index is 0.798. The average molecular weight is 213 g/mol. The molecule has 0 aliphatic heterocycles. The van der Waals surface area contributed by atoms with Crippen molar-refractivity contribution in [2.24, 2.45) is 0 Å². The Morgan fingerprint density at radius 1 is 1.38 bits per heavy atom. The van der Waals surface area contributed by atoms with Gasteiger partial charge in [0.15, 0.2) is 5.01 Å². The molecular weight excluding hydrogens is 206 g/mol. The Labute approximate surface area is 83.0 Å². The van der Waals surface area contributed by atoms with Gasteiger partial charge in [-0.25, -0.2) is 0 Å². The Hall–Kier alpha value is -1.08. The van der Waals surface area contributed by atoms with Gasteiger partial charge >= 0.3 is 0 Å². The molecule has 68 valence electrons. The lowest BCUT2D eigenvalue weighted by atomic mass is 10.5. The van der Waals surface area contributed by atoms with E-state index in [4.69, 9.17) is 0 Å². The van der Waals surface area contributed by atoms with Crippen LogP contribution >= 0.6 is 22.9 Å². The van der Waals surface area contributed by atoms with Crippen LogP contribution in [0.25, 0.3) is 10.7 Å². The molecule has 0 aromatic carbocycles. The summed E-state index contributed by atoms with van der Waals surface area (Å²) < 4.78 is 3.76. The lowest BCUT2D eigenvalue weighted by Crippen LogP contribution is -1.94. The number of rotatable bonds is 3. The Morgan fingerprint density at radius 2 is 2.31 bits per heavy atom. The molecule has 2 heterocycles. The molecule has 7 heteroatoms. The topological polar surface area (TPSA) is 63.6 Å². The van der Waals surface area contributed by atoms with E-state index in [2.05, 4.69) is 25.1 Å². The molecule has 0 aliphatic rings. The molecule has 0 spiro atoms. The van der Waals surface area contributed by atoms with Gasteiger partial charge in [-0.3, -0.25) is 0 Å². The van der Waals surface area contributed by atoms with E-state index < -0.39 is 0 Å². The molecule has 0 amide bonds. The number of nitrogens with zero attached hydrogens (tertiary/aromatic N) is 4. The van der Waals surface area contributed by atoms with Crippen LogP contribution < -0.4 is 5.32 Å². The second-order valence-electron chi connectivity index (χ2n) is 2.23. The zero-order valence-electron chi connectivity index (χ0n) is 6.89. The van der Waals surface area contributed by atoms with Gasteiger partial charge in [-0.2, -0.15) is 0 Å². The summed E-state index contributed by atoms with van der Waals surface area (Å²) in [5.74, 6) is 0. The maximum absolute atomic E-state index is 3.99. The highest BCUT2D eigenvalue weighted by Crippen LogP contribution is 2.24. The predicted molar refractivity (Wildman–Crippen MR) is 53.0 cm³/mol. The molecular formula is C6H7N5S2. The quantitative estimate of drug-likeness (QED) is 0.836. The molecule has 0 unspecified atom stereocenters. The van der Waals surface area contributed by atoms with Crippen LogP contribution in [0.15, 0.2) is 5.38 Å². The fourth-order valence-electron chi connectivity index (χ4n) is 0.807. The van der Waals surface area contributed by atoms with Crippen LogP contribution in [-0.2, 0) is 0 Å². The summed E-state index contributed by atoms with van der Waals surface area (Å²) in [5.41, 5.74) is 0.798. The molecule has 0 saturated carbocycles. The number of hydrogen-bond acceptors (Lipinski definition) is 7. The summed E-state index contributed by atoms with van der Waals surface area (Å²) in [4.78, 5) is 0. The summed E-state index contributed by atoms with van der Waals surface area (Å²) in [6, 6.07) is 0. The molecule has 2 aromatic heterocycles. The molecule has 2 aromatic rings. The van der Waals surface area contributed by atoms with E-state index in [0.717, 1.165) is 22.4 Å². The summed E-state index contributed by atoms with van der Waals surface area (Å²) in [5, 5.41) is 18.4. The highest BCUT2D eigenvalue weighted by molar-refractivity contribution is 7.18. The lowest BCUT2D eigenvalue weighted by molar-refractivity contribution is 1.06. The Bertz CT molecular complexity index is 368. The molecule has 1 N–H and O–H groups in total. The molecule has 0 radical (unpaired) electrons. The maximum atomic E-state index is 3.99. The van der Waals surface area contributed by atoms with Gasteiger partial charge in [0.2, 0.25) is 5.13 Å². The van der Waals surface area contributed by atoms with E-state index in [-0.39, 0.29) is 0 Å². The number of anilines is 1. The van der Waals surface area contributed by atoms with Gasteiger partial charge in [0.1, 0.15) is 5.69 Å². The van der Waals surface area contributed by atoms with Crippen molar-refractivity contribution in [3.8, 4) is 10.7 Å². The van der Waals surface area contributed by atoms with Gasteiger partial charge in [-0.1, -0.05) is 15.8 Å². The highest BCUT2D eigenvalue weighted by Gasteiger charge is 2.07. The normalized spacial score (nSPS) is 10.2. The van der Waals surface area contributed by atoms with E-state index in [9.17, 15) is 0 Å². The smallest absolute Gasteiger partial charge is 0.206 e. The molecule has 0 aliphatic carbocycles. The number of aromatic nitrogens is 4. The van der Waals surface area contributed by atoms with Gasteiger partial charge in [-0.15, -0.1) is 15.3 Å². The van der Waals surface area contributed by atoms with Crippen molar-refractivity contribution >= 4 is 28.0 Å². The highest BCUT2D eigenvalue weighted by atomic mass is 32.1. The van der Waals surface area contributed by atoms with Crippen LogP contribution in [0.5, 0.6) is 0 Å². The van der Waals surface area contributed by atoms with Crippen molar-refractivity contribution < 1.29 is 0 Å². The van der Waals surface area contributed by atoms with Gasteiger partial charge in [0.05, 0.1) is 0 Å². The van der Waals surface area contributed by atoms with E-state index in [1.807, 2.05) is 12.3 Å². The van der Waals surface area contributed by atoms with Gasteiger partial charge in [-0.05, 0) is 18.5 Å². The lowest BCUT2D eigenvalue weighted by Gasteiger charge is -1.90. The van der Waals surface area contributed by atoms with Crippen LogP contribution in [0.4, 0.5) is 5.13 Å². The second-order valence-corrected chi connectivity index (χ2v) is 3.82. The molecule has 0 fully saturated rings. The first-order valence-electron chi connectivity index (χ1n) is 3.75. The SMILES string of the molecule is CCNc1nnc(-c2csnn2)s1. The standard InChI is InChI=1S/C6H7N5S2/c1-2-7-6-10-9-5(13-6)4-3-12-11-8-4/h3H,2H2,1H3,(H,7,10). The zero-order valence-corrected chi connectivity index (χ0v) is 8.52. The van der Waals surface area contributed by atoms with Gasteiger partial charge in [0, 0.05) is 11.9 Å². The molecule has 5 nitrogen and oxygen atoms in total. The van der Waals surface area contributed by atoms with Gasteiger partial charge < -0.3 is 5.32 Å². The summed E-state index contributed by atoms with van der Waals surface area (Å²) >= 11 is 2.80. The maximum Gasteiger partial charge on any atom is 0.206 e. The monoisotopic (exact) mass is 213 g/mol. The fraction of sp³-hybridized carbons (Fsp3) is 0.333. The summed E-state index contributed by atoms with van der Waals surface area (Å²) in [7, 11) is 0. The van der Waals surface area contributed by atoms with Crippen molar-refractivity contribution in [2.45, 2.75) is 6.92 Å². The van der Waals surface area contributed by atoms with Crippen LogP contribution in [0.1, 0.15) is 6.92 Å². The molecule has 0 atom stereocenters.